The van der Waals surface area contributed by atoms with E-state index >= 15 is 0 Å². The molecule has 27 heavy (non-hydrogen) atoms. The maximum atomic E-state index is 12.6. The van der Waals surface area contributed by atoms with Gasteiger partial charge in [0.25, 0.3) is 5.91 Å². The van der Waals surface area contributed by atoms with Crippen LogP contribution in [0.2, 0.25) is 0 Å². The van der Waals surface area contributed by atoms with Crippen LogP contribution < -0.4 is 10.2 Å². The lowest BCUT2D eigenvalue weighted by molar-refractivity contribution is 0.0938. The summed E-state index contributed by atoms with van der Waals surface area (Å²) in [5.41, 5.74) is 4.79. The van der Waals surface area contributed by atoms with Gasteiger partial charge in [-0.05, 0) is 67.7 Å². The summed E-state index contributed by atoms with van der Waals surface area (Å²) >= 11 is 3.44. The molecule has 0 unspecified atom stereocenters. The average molecular weight is 428 g/mol. The summed E-state index contributed by atoms with van der Waals surface area (Å²) < 4.78 is 0.925. The van der Waals surface area contributed by atoms with Gasteiger partial charge in [0.2, 0.25) is 0 Å². The van der Waals surface area contributed by atoms with E-state index < -0.39 is 0 Å². The Bertz CT molecular complexity index is 832. The lowest BCUT2D eigenvalue weighted by atomic mass is 10.0. The predicted molar refractivity (Wildman–Crippen MR) is 113 cm³/mol. The van der Waals surface area contributed by atoms with Crippen molar-refractivity contribution < 1.29 is 4.79 Å². The summed E-state index contributed by atoms with van der Waals surface area (Å²) in [5.74, 6) is -0.0126. The molecule has 0 bridgehead atoms. The molecule has 0 spiro atoms. The van der Waals surface area contributed by atoms with Crippen molar-refractivity contribution in [1.29, 1.82) is 0 Å². The quantitative estimate of drug-likeness (QED) is 0.782. The van der Waals surface area contributed by atoms with E-state index in [1.807, 2.05) is 24.3 Å². The van der Waals surface area contributed by atoms with Crippen molar-refractivity contribution in [3.05, 3.63) is 63.6 Å². The molecular weight excluding hydrogens is 402 g/mol. The van der Waals surface area contributed by atoms with E-state index in [1.165, 1.54) is 29.7 Å². The molecule has 0 saturated carbocycles. The molecule has 1 atom stereocenters. The molecule has 4 nitrogen and oxygen atoms in total. The summed E-state index contributed by atoms with van der Waals surface area (Å²) in [5, 5.41) is 3.17. The Morgan fingerprint density at radius 3 is 2.74 bits per heavy atom. The van der Waals surface area contributed by atoms with Crippen molar-refractivity contribution in [2.75, 3.05) is 38.1 Å². The second kappa shape index (κ2) is 8.03. The van der Waals surface area contributed by atoms with Crippen LogP contribution in [0.15, 0.2) is 46.9 Å². The van der Waals surface area contributed by atoms with Crippen LogP contribution in [0.4, 0.5) is 5.69 Å². The lowest BCUT2D eigenvalue weighted by Crippen LogP contribution is -2.36. The number of halogens is 1. The molecule has 1 fully saturated rings. The number of nitrogens with zero attached hydrogens (tertiary/aromatic N) is 2. The highest BCUT2D eigenvalue weighted by Crippen LogP contribution is 2.32. The largest absolute Gasteiger partial charge is 0.374 e. The lowest BCUT2D eigenvalue weighted by Gasteiger charge is -2.29. The van der Waals surface area contributed by atoms with E-state index in [0.717, 1.165) is 30.5 Å². The Morgan fingerprint density at radius 1 is 1.15 bits per heavy atom. The van der Waals surface area contributed by atoms with Gasteiger partial charge >= 0.3 is 0 Å². The van der Waals surface area contributed by atoms with Gasteiger partial charge in [0, 0.05) is 35.9 Å². The van der Waals surface area contributed by atoms with Crippen molar-refractivity contribution in [1.82, 2.24) is 10.2 Å². The average Bonchev–Trinajstić information content (AvgIpc) is 3.32. The van der Waals surface area contributed by atoms with Crippen molar-refractivity contribution in [3.63, 3.8) is 0 Å². The number of anilines is 1. The number of hydrogen-bond donors (Lipinski definition) is 1. The number of likely N-dealkylation sites (tertiary alicyclic amines) is 1. The van der Waals surface area contributed by atoms with Gasteiger partial charge in [0.15, 0.2) is 0 Å². The summed E-state index contributed by atoms with van der Waals surface area (Å²) in [6.07, 6.45) is 3.59. The van der Waals surface area contributed by atoms with Gasteiger partial charge in [-0.3, -0.25) is 9.69 Å². The fraction of sp³-hybridized carbons (Fsp3) is 0.409. The topological polar surface area (TPSA) is 35.6 Å². The first-order valence-corrected chi connectivity index (χ1v) is 10.5. The van der Waals surface area contributed by atoms with Crippen molar-refractivity contribution in [2.45, 2.75) is 25.3 Å². The number of rotatable bonds is 5. The molecule has 2 aromatic rings. The number of likely N-dealkylation sites (N-methyl/N-ethyl adjacent to an activating group) is 1. The zero-order valence-electron chi connectivity index (χ0n) is 15.7. The molecule has 4 rings (SSSR count). The van der Waals surface area contributed by atoms with Crippen molar-refractivity contribution in [3.8, 4) is 0 Å². The normalized spacial score (nSPS) is 17.8. The van der Waals surface area contributed by atoms with Crippen molar-refractivity contribution in [2.24, 2.45) is 0 Å². The number of amides is 1. The van der Waals surface area contributed by atoms with Gasteiger partial charge in [-0.15, -0.1) is 0 Å². The highest BCUT2D eigenvalue weighted by atomic mass is 79.9. The fourth-order valence-electron chi connectivity index (χ4n) is 4.23. The number of benzene rings is 2. The molecule has 2 heterocycles. The molecule has 0 aliphatic carbocycles. The molecule has 1 saturated heterocycles. The highest BCUT2D eigenvalue weighted by molar-refractivity contribution is 9.10. The fourth-order valence-corrected chi connectivity index (χ4v) is 4.63. The Hall–Kier alpha value is -1.85. The third-order valence-corrected chi connectivity index (χ3v) is 6.23. The van der Waals surface area contributed by atoms with Gasteiger partial charge in [-0.25, -0.2) is 0 Å². The Kier molecular flexibility index (Phi) is 5.50. The first-order valence-electron chi connectivity index (χ1n) is 9.73. The number of fused-ring (bicyclic) bond motifs is 1. The first kappa shape index (κ1) is 18.5. The number of nitrogens with one attached hydrogen (secondary N) is 1. The van der Waals surface area contributed by atoms with Crippen LogP contribution in [0.5, 0.6) is 0 Å². The Balaban J connectivity index is 1.52. The summed E-state index contributed by atoms with van der Waals surface area (Å²) in [7, 11) is 2.15. The zero-order valence-corrected chi connectivity index (χ0v) is 17.3. The highest BCUT2D eigenvalue weighted by Gasteiger charge is 2.26. The Labute approximate surface area is 169 Å². The van der Waals surface area contributed by atoms with Gasteiger partial charge in [-0.1, -0.05) is 34.1 Å². The summed E-state index contributed by atoms with van der Waals surface area (Å²) in [6.45, 7) is 3.94. The molecular formula is C22H26BrN3O. The monoisotopic (exact) mass is 427 g/mol. The van der Waals surface area contributed by atoms with E-state index in [0.29, 0.717) is 12.1 Å². The van der Waals surface area contributed by atoms with E-state index in [1.54, 1.807) is 0 Å². The standard InChI is InChI=1S/C22H26BrN3O/c1-25-12-9-17-13-16(7-8-20(17)25)21(26-10-2-3-11-26)15-24-22(27)18-5-4-6-19(23)14-18/h4-8,13-14,21H,2-3,9-12,15H2,1H3,(H,24,27)/t21-/m0/s1. The van der Waals surface area contributed by atoms with Gasteiger partial charge in [-0.2, -0.15) is 0 Å². The minimum Gasteiger partial charge on any atom is -0.374 e. The minimum atomic E-state index is -0.0126. The second-order valence-electron chi connectivity index (χ2n) is 7.54. The predicted octanol–water partition coefficient (Wildman–Crippen LogP) is 4.01. The van der Waals surface area contributed by atoms with Gasteiger partial charge in [0.05, 0.1) is 6.04 Å². The van der Waals surface area contributed by atoms with Crippen LogP contribution in [0.1, 0.15) is 40.4 Å². The van der Waals surface area contributed by atoms with Crippen LogP contribution >= 0.6 is 15.9 Å². The maximum absolute atomic E-state index is 12.6. The minimum absolute atomic E-state index is 0.0126. The van der Waals surface area contributed by atoms with E-state index in [2.05, 4.69) is 56.3 Å². The number of hydrogen-bond acceptors (Lipinski definition) is 3. The van der Waals surface area contributed by atoms with Gasteiger partial charge < -0.3 is 10.2 Å². The first-order chi connectivity index (χ1) is 13.1. The SMILES string of the molecule is CN1CCc2cc([C@H](CNC(=O)c3cccc(Br)c3)N3CCCC3)ccc21. The number of carbonyl (C=O) groups excluding carboxylic acids is 1. The maximum Gasteiger partial charge on any atom is 0.251 e. The summed E-state index contributed by atoms with van der Waals surface area (Å²) in [6, 6.07) is 14.6. The molecule has 1 amide bonds. The van der Waals surface area contributed by atoms with E-state index in [-0.39, 0.29) is 11.9 Å². The Morgan fingerprint density at radius 2 is 1.96 bits per heavy atom. The zero-order chi connectivity index (χ0) is 18.8. The molecule has 5 heteroatoms. The number of carbonyl (C=O) groups is 1. The molecule has 0 radical (unpaired) electrons. The van der Waals surface area contributed by atoms with E-state index in [4.69, 9.17) is 0 Å². The summed E-state index contributed by atoms with van der Waals surface area (Å²) in [4.78, 5) is 17.5. The smallest absolute Gasteiger partial charge is 0.251 e. The molecule has 0 aromatic heterocycles. The molecule has 2 aromatic carbocycles. The van der Waals surface area contributed by atoms with Crippen LogP contribution in [0, 0.1) is 0 Å². The van der Waals surface area contributed by atoms with E-state index in [9.17, 15) is 4.79 Å². The van der Waals surface area contributed by atoms with Crippen LogP contribution in [0.25, 0.3) is 0 Å². The van der Waals surface area contributed by atoms with Crippen LogP contribution in [0.3, 0.4) is 0 Å². The third kappa shape index (κ3) is 4.04. The molecule has 142 valence electrons. The molecule has 1 N–H and O–H groups in total. The van der Waals surface area contributed by atoms with Crippen LogP contribution in [-0.4, -0.2) is 44.0 Å². The molecule has 2 aliphatic heterocycles. The van der Waals surface area contributed by atoms with Gasteiger partial charge in [0.1, 0.15) is 0 Å². The third-order valence-electron chi connectivity index (χ3n) is 5.74. The molecule has 2 aliphatic rings. The van der Waals surface area contributed by atoms with Crippen molar-refractivity contribution >= 4 is 27.5 Å². The second-order valence-corrected chi connectivity index (χ2v) is 8.45. The van der Waals surface area contributed by atoms with Crippen LogP contribution in [-0.2, 0) is 6.42 Å².